The minimum Gasteiger partial charge on any atom is -0.292 e. The zero-order chi connectivity index (χ0) is 14.1. The van der Waals surface area contributed by atoms with Gasteiger partial charge in [-0.1, -0.05) is 6.07 Å². The fourth-order valence-corrected chi connectivity index (χ4v) is 1.27. The molecule has 1 aromatic carbocycles. The first-order valence-electron chi connectivity index (χ1n) is 4.78. The Kier molecular flexibility index (Phi) is 3.73. The van der Waals surface area contributed by atoms with Gasteiger partial charge in [0, 0.05) is 6.42 Å². The van der Waals surface area contributed by atoms with Crippen LogP contribution in [0.5, 0.6) is 0 Å². The highest BCUT2D eigenvalue weighted by Gasteiger charge is 2.62. The highest BCUT2D eigenvalue weighted by atomic mass is 19.4. The fourth-order valence-electron chi connectivity index (χ4n) is 1.27. The molecular formula is C11H8F6O. The first kappa shape index (κ1) is 14.5. The Balaban J connectivity index is 2.98. The molecule has 0 saturated heterocycles. The second-order valence-electron chi connectivity index (χ2n) is 3.74. The molecule has 0 aliphatic heterocycles. The summed E-state index contributed by atoms with van der Waals surface area (Å²) in [6.45, 7) is 1.38. The number of carbonyl (C=O) groups excluding carboxylic acids is 1. The number of Topliss-reactive ketones (excluding diaryl/α,β-unsaturated/α-hetero) is 1. The smallest absolute Gasteiger partial charge is 0.292 e. The van der Waals surface area contributed by atoms with Gasteiger partial charge in [-0.2, -0.15) is 22.0 Å². The van der Waals surface area contributed by atoms with Crippen molar-refractivity contribution in [2.75, 3.05) is 0 Å². The number of halogens is 6. The van der Waals surface area contributed by atoms with Crippen LogP contribution in [0.2, 0.25) is 0 Å². The maximum Gasteiger partial charge on any atom is 0.461 e. The molecule has 0 radical (unpaired) electrons. The lowest BCUT2D eigenvalue weighted by molar-refractivity contribution is -0.268. The molecule has 1 rings (SSSR count). The Bertz CT molecular complexity index is 463. The number of aryl methyl sites for hydroxylation is 1. The molecule has 7 heteroatoms. The molecule has 0 aliphatic carbocycles. The van der Waals surface area contributed by atoms with Gasteiger partial charge in [0.15, 0.2) is 0 Å². The topological polar surface area (TPSA) is 17.1 Å². The number of alkyl halides is 5. The third kappa shape index (κ3) is 2.83. The van der Waals surface area contributed by atoms with Gasteiger partial charge in [0.2, 0.25) is 5.78 Å². The van der Waals surface area contributed by atoms with Crippen LogP contribution in [-0.4, -0.2) is 17.9 Å². The van der Waals surface area contributed by atoms with E-state index in [1.165, 1.54) is 13.0 Å². The maximum absolute atomic E-state index is 12.8. The van der Waals surface area contributed by atoms with Crippen LogP contribution in [0, 0.1) is 12.7 Å². The zero-order valence-corrected chi connectivity index (χ0v) is 9.12. The van der Waals surface area contributed by atoms with Crippen LogP contribution in [0.25, 0.3) is 0 Å². The van der Waals surface area contributed by atoms with E-state index in [9.17, 15) is 31.1 Å². The molecule has 0 amide bonds. The van der Waals surface area contributed by atoms with E-state index in [1.54, 1.807) is 0 Å². The Labute approximate surface area is 98.4 Å². The molecular weight excluding hydrogens is 262 g/mol. The summed E-state index contributed by atoms with van der Waals surface area (Å²) in [7, 11) is 0. The molecule has 0 spiro atoms. The number of carbonyl (C=O) groups is 1. The van der Waals surface area contributed by atoms with E-state index < -0.39 is 30.1 Å². The van der Waals surface area contributed by atoms with E-state index in [1.807, 2.05) is 0 Å². The van der Waals surface area contributed by atoms with Crippen molar-refractivity contribution in [3.63, 3.8) is 0 Å². The highest BCUT2D eigenvalue weighted by Crippen LogP contribution is 2.37. The van der Waals surface area contributed by atoms with Gasteiger partial charge < -0.3 is 0 Å². The monoisotopic (exact) mass is 270 g/mol. The first-order valence-corrected chi connectivity index (χ1v) is 4.78. The van der Waals surface area contributed by atoms with E-state index in [0.717, 1.165) is 12.1 Å². The summed E-state index contributed by atoms with van der Waals surface area (Å²) in [5.74, 6) is -8.53. The fraction of sp³-hybridized carbons (Fsp3) is 0.364. The van der Waals surface area contributed by atoms with E-state index >= 15 is 0 Å². The van der Waals surface area contributed by atoms with Crippen molar-refractivity contribution in [2.45, 2.75) is 25.4 Å². The van der Waals surface area contributed by atoms with Crippen LogP contribution in [0.15, 0.2) is 18.2 Å². The summed E-state index contributed by atoms with van der Waals surface area (Å²) in [6, 6.07) is 2.98. The number of hydrogen-bond donors (Lipinski definition) is 0. The summed E-state index contributed by atoms with van der Waals surface area (Å²) in [4.78, 5) is 11.0. The minimum absolute atomic E-state index is 0.191. The third-order valence-electron chi connectivity index (χ3n) is 2.37. The van der Waals surface area contributed by atoms with Gasteiger partial charge >= 0.3 is 12.1 Å². The summed E-state index contributed by atoms with van der Waals surface area (Å²) in [6.07, 6.45) is -7.11. The number of ketones is 1. The predicted octanol–water partition coefficient (Wildman–Crippen LogP) is 3.44. The van der Waals surface area contributed by atoms with Crippen LogP contribution >= 0.6 is 0 Å². The van der Waals surface area contributed by atoms with Crippen molar-refractivity contribution in [1.82, 2.24) is 0 Å². The molecule has 0 atom stereocenters. The van der Waals surface area contributed by atoms with Gasteiger partial charge in [-0.3, -0.25) is 4.79 Å². The largest absolute Gasteiger partial charge is 0.461 e. The predicted molar refractivity (Wildman–Crippen MR) is 50.9 cm³/mol. The molecule has 1 aromatic rings. The second-order valence-corrected chi connectivity index (χ2v) is 3.74. The number of hydrogen-bond acceptors (Lipinski definition) is 1. The van der Waals surface area contributed by atoms with E-state index in [2.05, 4.69) is 0 Å². The standard InChI is InChI=1S/C11H8F6O/c1-6-2-3-8(12)4-7(6)5-9(18)10(13,14)11(15,16)17/h2-4H,5H2,1H3. The van der Waals surface area contributed by atoms with Crippen LogP contribution in [0.4, 0.5) is 26.3 Å². The van der Waals surface area contributed by atoms with Gasteiger partial charge in [0.05, 0.1) is 0 Å². The summed E-state index contributed by atoms with van der Waals surface area (Å²) in [5.41, 5.74) is 0.0756. The van der Waals surface area contributed by atoms with Crippen molar-refractivity contribution < 1.29 is 31.1 Å². The molecule has 18 heavy (non-hydrogen) atoms. The maximum atomic E-state index is 12.8. The Hall–Kier alpha value is -1.53. The van der Waals surface area contributed by atoms with E-state index in [4.69, 9.17) is 0 Å². The van der Waals surface area contributed by atoms with E-state index in [0.29, 0.717) is 0 Å². The van der Waals surface area contributed by atoms with Crippen molar-refractivity contribution in [2.24, 2.45) is 0 Å². The van der Waals surface area contributed by atoms with E-state index in [-0.39, 0.29) is 11.1 Å². The average Bonchev–Trinajstić information content (AvgIpc) is 2.21. The van der Waals surface area contributed by atoms with Crippen molar-refractivity contribution in [3.8, 4) is 0 Å². The highest BCUT2D eigenvalue weighted by molar-refractivity contribution is 5.88. The van der Waals surface area contributed by atoms with Gasteiger partial charge in [-0.05, 0) is 30.2 Å². The second kappa shape index (κ2) is 4.62. The first-order chi connectivity index (χ1) is 8.05. The molecule has 0 fully saturated rings. The molecule has 0 N–H and O–H groups in total. The molecule has 0 heterocycles. The molecule has 0 aromatic heterocycles. The normalized spacial score (nSPS) is 12.6. The number of benzene rings is 1. The Morgan fingerprint density at radius 1 is 1.17 bits per heavy atom. The van der Waals surface area contributed by atoms with Crippen molar-refractivity contribution in [1.29, 1.82) is 0 Å². The third-order valence-corrected chi connectivity index (χ3v) is 2.37. The van der Waals surface area contributed by atoms with Gasteiger partial charge in [-0.25, -0.2) is 4.39 Å². The van der Waals surface area contributed by atoms with Crippen LogP contribution < -0.4 is 0 Å². The molecule has 100 valence electrons. The van der Waals surface area contributed by atoms with Crippen molar-refractivity contribution in [3.05, 3.63) is 35.1 Å². The molecule has 0 bridgehead atoms. The minimum atomic E-state index is -5.94. The molecule has 1 nitrogen and oxygen atoms in total. The summed E-state index contributed by atoms with van der Waals surface area (Å²) in [5, 5.41) is 0. The SMILES string of the molecule is Cc1ccc(F)cc1CC(=O)C(F)(F)C(F)(F)F. The lowest BCUT2D eigenvalue weighted by atomic mass is 10.00. The quantitative estimate of drug-likeness (QED) is 0.769. The van der Waals surface area contributed by atoms with Crippen LogP contribution in [0.1, 0.15) is 11.1 Å². The zero-order valence-electron chi connectivity index (χ0n) is 9.12. The Morgan fingerprint density at radius 3 is 2.22 bits per heavy atom. The van der Waals surface area contributed by atoms with Crippen molar-refractivity contribution >= 4 is 5.78 Å². The number of rotatable bonds is 3. The average molecular weight is 270 g/mol. The van der Waals surface area contributed by atoms with Crippen LogP contribution in [0.3, 0.4) is 0 Å². The summed E-state index contributed by atoms with van der Waals surface area (Å²) < 4.78 is 73.9. The summed E-state index contributed by atoms with van der Waals surface area (Å²) >= 11 is 0. The molecule has 0 saturated carbocycles. The van der Waals surface area contributed by atoms with Gasteiger partial charge in [0.1, 0.15) is 5.82 Å². The van der Waals surface area contributed by atoms with Gasteiger partial charge in [0.25, 0.3) is 0 Å². The lowest BCUT2D eigenvalue weighted by Gasteiger charge is -2.18. The molecule has 0 aliphatic rings. The molecule has 0 unspecified atom stereocenters. The Morgan fingerprint density at radius 2 is 1.72 bits per heavy atom. The van der Waals surface area contributed by atoms with Crippen LogP contribution in [-0.2, 0) is 11.2 Å². The van der Waals surface area contributed by atoms with Gasteiger partial charge in [-0.15, -0.1) is 0 Å². The lowest BCUT2D eigenvalue weighted by Crippen LogP contribution is -2.44.